The molecular weight excluding hydrogens is 257 g/mol. The average molecular weight is 264 g/mol. The molecule has 0 fully saturated rings. The van der Waals surface area contributed by atoms with Gasteiger partial charge in [0.05, 0.1) is 7.11 Å². The number of aromatic nitrogens is 2. The molecular formula is C8H7F3N4O3. The topological polar surface area (TPSA) is 96.7 Å². The van der Waals surface area contributed by atoms with Gasteiger partial charge in [-0.15, -0.1) is 0 Å². The molecule has 18 heavy (non-hydrogen) atoms. The van der Waals surface area contributed by atoms with Crippen molar-refractivity contribution in [1.29, 1.82) is 0 Å². The maximum absolute atomic E-state index is 12.6. The molecule has 10 heteroatoms. The minimum atomic E-state index is -4.86. The van der Waals surface area contributed by atoms with Crippen LogP contribution in [0, 0.1) is 0 Å². The Labute approximate surface area is 98.3 Å². The monoisotopic (exact) mass is 264 g/mol. The molecule has 1 aromatic rings. The molecule has 0 bridgehead atoms. The minimum absolute atomic E-state index is 0.573. The number of rotatable bonds is 3. The van der Waals surface area contributed by atoms with Crippen molar-refractivity contribution < 1.29 is 27.9 Å². The molecule has 0 aromatic carbocycles. The van der Waals surface area contributed by atoms with Crippen molar-refractivity contribution in [1.82, 2.24) is 15.4 Å². The molecule has 0 amide bonds. The summed E-state index contributed by atoms with van der Waals surface area (Å²) in [5.74, 6) is -1.78. The van der Waals surface area contributed by atoms with Gasteiger partial charge >= 0.3 is 12.1 Å². The summed E-state index contributed by atoms with van der Waals surface area (Å²) in [6.07, 6.45) is -3.54. The molecule has 0 spiro atoms. The van der Waals surface area contributed by atoms with Crippen molar-refractivity contribution in [3.05, 3.63) is 17.5 Å². The summed E-state index contributed by atoms with van der Waals surface area (Å²) in [7, 11) is 0.935. The first-order valence-electron chi connectivity index (χ1n) is 4.35. The van der Waals surface area contributed by atoms with E-state index in [-0.39, 0.29) is 0 Å². The summed E-state index contributed by atoms with van der Waals surface area (Å²) >= 11 is 0. The van der Waals surface area contributed by atoms with E-state index in [1.165, 1.54) is 5.48 Å². The van der Waals surface area contributed by atoms with Gasteiger partial charge < -0.3 is 4.74 Å². The Morgan fingerprint density at radius 1 is 1.61 bits per heavy atom. The number of carbonyl (C=O) groups excluding carboxylic acids is 1. The molecule has 1 heterocycles. The van der Waals surface area contributed by atoms with Crippen LogP contribution >= 0.6 is 0 Å². The number of esters is 1. The van der Waals surface area contributed by atoms with Gasteiger partial charge in [0.25, 0.3) is 5.95 Å². The SMILES string of the molecule is COC(=O)c1cnc(/N=C/NO)nc1C(F)(F)F. The Kier molecular flexibility index (Phi) is 4.15. The minimum Gasteiger partial charge on any atom is -0.465 e. The molecule has 0 aliphatic carbocycles. The number of nitrogens with zero attached hydrogens (tertiary/aromatic N) is 3. The molecule has 1 aromatic heterocycles. The van der Waals surface area contributed by atoms with Gasteiger partial charge in [-0.05, 0) is 0 Å². The van der Waals surface area contributed by atoms with Crippen LogP contribution in [0.15, 0.2) is 11.2 Å². The third kappa shape index (κ3) is 3.13. The molecule has 0 unspecified atom stereocenters. The molecule has 0 saturated carbocycles. The van der Waals surface area contributed by atoms with Crippen molar-refractivity contribution in [3.63, 3.8) is 0 Å². The number of ether oxygens (including phenoxy) is 1. The number of hydrogen-bond acceptors (Lipinski definition) is 6. The third-order valence-electron chi connectivity index (χ3n) is 1.69. The molecule has 0 aliphatic rings. The molecule has 2 N–H and O–H groups in total. The summed E-state index contributed by atoms with van der Waals surface area (Å²) in [4.78, 5) is 20.8. The van der Waals surface area contributed by atoms with E-state index >= 15 is 0 Å². The van der Waals surface area contributed by atoms with Gasteiger partial charge in [0.2, 0.25) is 0 Å². The maximum Gasteiger partial charge on any atom is 0.434 e. The van der Waals surface area contributed by atoms with E-state index in [1.54, 1.807) is 0 Å². The van der Waals surface area contributed by atoms with Crippen LogP contribution in [0.1, 0.15) is 16.1 Å². The fourth-order valence-corrected chi connectivity index (χ4v) is 0.997. The van der Waals surface area contributed by atoms with E-state index < -0.39 is 29.4 Å². The molecule has 98 valence electrons. The van der Waals surface area contributed by atoms with E-state index in [0.717, 1.165) is 7.11 Å². The number of alkyl halides is 3. The largest absolute Gasteiger partial charge is 0.465 e. The van der Waals surface area contributed by atoms with Gasteiger partial charge in [-0.1, -0.05) is 0 Å². The van der Waals surface area contributed by atoms with Gasteiger partial charge in [0.1, 0.15) is 11.9 Å². The molecule has 1 rings (SSSR count). The lowest BCUT2D eigenvalue weighted by molar-refractivity contribution is -0.141. The molecule has 0 atom stereocenters. The Balaban J connectivity index is 3.30. The smallest absolute Gasteiger partial charge is 0.434 e. The Morgan fingerprint density at radius 3 is 2.78 bits per heavy atom. The molecule has 0 radical (unpaired) electrons. The van der Waals surface area contributed by atoms with E-state index in [0.29, 0.717) is 12.5 Å². The Morgan fingerprint density at radius 2 is 2.28 bits per heavy atom. The Hall–Kier alpha value is -2.23. The zero-order valence-corrected chi connectivity index (χ0v) is 8.89. The second-order valence-electron chi connectivity index (χ2n) is 2.81. The fraction of sp³-hybridized carbons (Fsp3) is 0.250. The van der Waals surface area contributed by atoms with Crippen LogP contribution in [0.3, 0.4) is 0 Å². The van der Waals surface area contributed by atoms with Crippen molar-refractivity contribution in [2.75, 3.05) is 7.11 Å². The summed E-state index contributed by atoms with van der Waals surface area (Å²) in [5, 5.41) is 8.19. The number of halogens is 3. The predicted molar refractivity (Wildman–Crippen MR) is 51.4 cm³/mol. The highest BCUT2D eigenvalue weighted by molar-refractivity contribution is 5.90. The first-order valence-corrected chi connectivity index (χ1v) is 4.35. The summed E-state index contributed by atoms with van der Waals surface area (Å²) in [5.41, 5.74) is -0.804. The van der Waals surface area contributed by atoms with Crippen LogP contribution in [-0.2, 0) is 10.9 Å². The lowest BCUT2D eigenvalue weighted by Gasteiger charge is -2.09. The van der Waals surface area contributed by atoms with Crippen LogP contribution in [0.2, 0.25) is 0 Å². The van der Waals surface area contributed by atoms with Crippen LogP contribution in [-0.4, -0.2) is 34.6 Å². The molecule has 0 aliphatic heterocycles. The molecule has 7 nitrogen and oxygen atoms in total. The van der Waals surface area contributed by atoms with Gasteiger partial charge in [0.15, 0.2) is 5.69 Å². The second-order valence-corrected chi connectivity index (χ2v) is 2.81. The van der Waals surface area contributed by atoms with Crippen LogP contribution < -0.4 is 5.48 Å². The highest BCUT2D eigenvalue weighted by Crippen LogP contribution is 2.31. The van der Waals surface area contributed by atoms with Crippen LogP contribution in [0.4, 0.5) is 19.1 Å². The number of methoxy groups -OCH3 is 1. The van der Waals surface area contributed by atoms with E-state index in [1.807, 2.05) is 0 Å². The van der Waals surface area contributed by atoms with Crippen molar-refractivity contribution in [2.24, 2.45) is 4.99 Å². The molecule has 0 saturated heterocycles. The van der Waals surface area contributed by atoms with Gasteiger partial charge in [-0.25, -0.2) is 14.8 Å². The zero-order chi connectivity index (χ0) is 13.8. The van der Waals surface area contributed by atoms with Crippen molar-refractivity contribution in [3.8, 4) is 0 Å². The summed E-state index contributed by atoms with van der Waals surface area (Å²) in [6.45, 7) is 0. The number of hydrogen-bond donors (Lipinski definition) is 2. The van der Waals surface area contributed by atoms with Gasteiger partial charge in [-0.3, -0.25) is 10.7 Å². The highest BCUT2D eigenvalue weighted by atomic mass is 19.4. The van der Waals surface area contributed by atoms with Crippen LogP contribution in [0.5, 0.6) is 0 Å². The third-order valence-corrected chi connectivity index (χ3v) is 1.69. The first kappa shape index (κ1) is 13.8. The maximum atomic E-state index is 12.6. The van der Waals surface area contributed by atoms with Gasteiger partial charge in [0, 0.05) is 6.20 Å². The van der Waals surface area contributed by atoms with E-state index in [2.05, 4.69) is 19.7 Å². The number of aliphatic imine (C=N–C) groups is 1. The Bertz CT molecular complexity index is 475. The zero-order valence-electron chi connectivity index (χ0n) is 8.89. The van der Waals surface area contributed by atoms with Crippen molar-refractivity contribution >= 4 is 18.3 Å². The van der Waals surface area contributed by atoms with Crippen molar-refractivity contribution in [2.45, 2.75) is 6.18 Å². The standard InChI is InChI=1S/C8H7F3N4O3/c1-18-6(16)4-2-12-7(13-3-14-17)15-5(4)8(9,10)11/h2-3,17H,1H3,(H,12,13,14,15). The fourth-order valence-electron chi connectivity index (χ4n) is 0.997. The summed E-state index contributed by atoms with van der Waals surface area (Å²) < 4.78 is 42.1. The predicted octanol–water partition coefficient (Wildman–Crippen LogP) is 0.921. The normalized spacial score (nSPS) is 11.6. The van der Waals surface area contributed by atoms with Gasteiger partial charge in [-0.2, -0.15) is 18.2 Å². The number of hydroxylamine groups is 1. The summed E-state index contributed by atoms with van der Waals surface area (Å²) in [6, 6.07) is 0. The number of carbonyl (C=O) groups is 1. The lowest BCUT2D eigenvalue weighted by Crippen LogP contribution is -2.17. The van der Waals surface area contributed by atoms with E-state index in [4.69, 9.17) is 5.21 Å². The van der Waals surface area contributed by atoms with Crippen LogP contribution in [0.25, 0.3) is 0 Å². The first-order chi connectivity index (χ1) is 8.40. The quantitative estimate of drug-likeness (QED) is 0.364. The number of nitrogens with one attached hydrogen (secondary N) is 1. The average Bonchev–Trinajstić information content (AvgIpc) is 2.34. The lowest BCUT2D eigenvalue weighted by atomic mass is 10.2. The second kappa shape index (κ2) is 5.40. The highest BCUT2D eigenvalue weighted by Gasteiger charge is 2.38. The van der Waals surface area contributed by atoms with E-state index in [9.17, 15) is 18.0 Å².